The lowest BCUT2D eigenvalue weighted by molar-refractivity contribution is -0.120. The van der Waals surface area contributed by atoms with Gasteiger partial charge in [-0.25, -0.2) is 0 Å². The summed E-state index contributed by atoms with van der Waals surface area (Å²) >= 11 is 1.31. The fourth-order valence-electron chi connectivity index (χ4n) is 2.01. The number of carbonyl (C=O) groups is 2. The maximum atomic E-state index is 12.3. The number of hydrogen-bond donors (Lipinski definition) is 3. The van der Waals surface area contributed by atoms with E-state index in [0.717, 1.165) is 10.1 Å². The highest BCUT2D eigenvalue weighted by atomic mass is 32.1. The first kappa shape index (κ1) is 14.3. The Hall–Kier alpha value is -2.08. The summed E-state index contributed by atoms with van der Waals surface area (Å²) in [5.74, 6) is -0.985. The van der Waals surface area contributed by atoms with Crippen LogP contribution in [0, 0.1) is 5.92 Å². The number of nitrogen functional groups attached to an aromatic ring is 1. The third-order valence-corrected chi connectivity index (χ3v) is 4.29. The molecule has 20 heavy (non-hydrogen) atoms. The van der Waals surface area contributed by atoms with E-state index in [2.05, 4.69) is 5.32 Å². The number of benzene rings is 1. The molecule has 1 aromatic carbocycles. The predicted molar refractivity (Wildman–Crippen MR) is 81.5 cm³/mol. The maximum absolute atomic E-state index is 12.3. The van der Waals surface area contributed by atoms with Crippen LogP contribution in [0.25, 0.3) is 10.1 Å². The SMILES string of the molecule is CC(C)C(NC(=O)c1sc2ccccc2c1N)C(N)=O. The highest BCUT2D eigenvalue weighted by Gasteiger charge is 2.24. The number of nitrogens with one attached hydrogen (secondary N) is 1. The quantitative estimate of drug-likeness (QED) is 0.800. The molecule has 0 aliphatic rings. The fourth-order valence-corrected chi connectivity index (χ4v) is 3.03. The minimum Gasteiger partial charge on any atom is -0.397 e. The Bertz CT molecular complexity index is 663. The zero-order valence-corrected chi connectivity index (χ0v) is 12.2. The van der Waals surface area contributed by atoms with Gasteiger partial charge in [0.15, 0.2) is 0 Å². The van der Waals surface area contributed by atoms with E-state index in [4.69, 9.17) is 11.5 Å². The molecule has 106 valence electrons. The Morgan fingerprint density at radius 1 is 1.25 bits per heavy atom. The molecule has 2 rings (SSSR count). The number of rotatable bonds is 4. The molecule has 1 unspecified atom stereocenters. The van der Waals surface area contributed by atoms with Crippen LogP contribution < -0.4 is 16.8 Å². The molecular weight excluding hydrogens is 274 g/mol. The molecule has 2 aromatic rings. The molecule has 5 nitrogen and oxygen atoms in total. The number of fused-ring (bicyclic) bond motifs is 1. The van der Waals surface area contributed by atoms with Gasteiger partial charge >= 0.3 is 0 Å². The molecule has 0 saturated heterocycles. The molecule has 2 amide bonds. The summed E-state index contributed by atoms with van der Waals surface area (Å²) in [5, 5.41) is 3.50. The summed E-state index contributed by atoms with van der Waals surface area (Å²) in [5.41, 5.74) is 11.7. The van der Waals surface area contributed by atoms with Gasteiger partial charge in [0.1, 0.15) is 10.9 Å². The second kappa shape index (κ2) is 5.50. The monoisotopic (exact) mass is 291 g/mol. The van der Waals surface area contributed by atoms with Gasteiger partial charge in [-0.2, -0.15) is 0 Å². The highest BCUT2D eigenvalue weighted by molar-refractivity contribution is 7.21. The van der Waals surface area contributed by atoms with E-state index in [-0.39, 0.29) is 11.8 Å². The van der Waals surface area contributed by atoms with Crippen LogP contribution in [0.4, 0.5) is 5.69 Å². The van der Waals surface area contributed by atoms with Gasteiger partial charge in [0.2, 0.25) is 5.91 Å². The number of thiophene rings is 1. The van der Waals surface area contributed by atoms with E-state index < -0.39 is 11.9 Å². The zero-order valence-electron chi connectivity index (χ0n) is 11.3. The standard InChI is InChI=1S/C14H17N3O2S/c1-7(2)11(13(16)18)17-14(19)12-10(15)8-5-3-4-6-9(8)20-12/h3-7,11H,15H2,1-2H3,(H2,16,18)(H,17,19). The lowest BCUT2D eigenvalue weighted by atomic mass is 10.0. The molecule has 0 aliphatic heterocycles. The third-order valence-electron chi connectivity index (χ3n) is 3.10. The summed E-state index contributed by atoms with van der Waals surface area (Å²) in [6, 6.07) is 6.83. The minimum atomic E-state index is -0.702. The maximum Gasteiger partial charge on any atom is 0.264 e. The fraction of sp³-hybridized carbons (Fsp3) is 0.286. The number of anilines is 1. The number of amides is 2. The van der Waals surface area contributed by atoms with E-state index in [1.807, 2.05) is 38.1 Å². The smallest absolute Gasteiger partial charge is 0.264 e. The Kier molecular flexibility index (Phi) is 3.94. The topological polar surface area (TPSA) is 98.2 Å². The highest BCUT2D eigenvalue weighted by Crippen LogP contribution is 2.33. The molecule has 1 heterocycles. The first-order chi connectivity index (χ1) is 9.41. The Labute approximate surface area is 120 Å². The van der Waals surface area contributed by atoms with Crippen molar-refractivity contribution in [1.82, 2.24) is 5.32 Å². The lowest BCUT2D eigenvalue weighted by Crippen LogP contribution is -2.47. The van der Waals surface area contributed by atoms with Crippen LogP contribution in [0.5, 0.6) is 0 Å². The van der Waals surface area contributed by atoms with Gasteiger partial charge in [0, 0.05) is 10.1 Å². The zero-order chi connectivity index (χ0) is 14.9. The van der Waals surface area contributed by atoms with Crippen molar-refractivity contribution < 1.29 is 9.59 Å². The first-order valence-corrected chi connectivity index (χ1v) is 7.10. The molecule has 0 bridgehead atoms. The third kappa shape index (κ3) is 2.60. The van der Waals surface area contributed by atoms with Gasteiger partial charge < -0.3 is 16.8 Å². The second-order valence-corrected chi connectivity index (χ2v) is 5.99. The van der Waals surface area contributed by atoms with Crippen molar-refractivity contribution in [1.29, 1.82) is 0 Å². The van der Waals surface area contributed by atoms with Crippen molar-refractivity contribution in [3.8, 4) is 0 Å². The molecule has 6 heteroatoms. The summed E-state index contributed by atoms with van der Waals surface area (Å²) in [4.78, 5) is 24.0. The van der Waals surface area contributed by atoms with Gasteiger partial charge in [-0.15, -0.1) is 11.3 Å². The number of carbonyl (C=O) groups excluding carboxylic acids is 2. The minimum absolute atomic E-state index is 0.0768. The average Bonchev–Trinajstić information content (AvgIpc) is 2.73. The molecule has 0 spiro atoms. The van der Waals surface area contributed by atoms with Crippen molar-refractivity contribution in [3.05, 3.63) is 29.1 Å². The number of nitrogens with two attached hydrogens (primary N) is 2. The summed E-state index contributed by atoms with van der Waals surface area (Å²) in [6.45, 7) is 3.65. The Morgan fingerprint density at radius 3 is 2.45 bits per heavy atom. The van der Waals surface area contributed by atoms with E-state index >= 15 is 0 Å². The van der Waals surface area contributed by atoms with Crippen LogP contribution in [-0.4, -0.2) is 17.9 Å². The van der Waals surface area contributed by atoms with Crippen molar-refractivity contribution in [3.63, 3.8) is 0 Å². The van der Waals surface area contributed by atoms with Gasteiger partial charge in [0.25, 0.3) is 5.91 Å². The van der Waals surface area contributed by atoms with Crippen molar-refractivity contribution in [2.24, 2.45) is 11.7 Å². The van der Waals surface area contributed by atoms with E-state index in [1.165, 1.54) is 11.3 Å². The predicted octanol–water partition coefficient (Wildman–Crippen LogP) is 1.72. The lowest BCUT2D eigenvalue weighted by Gasteiger charge is -2.18. The normalized spacial score (nSPS) is 12.6. The van der Waals surface area contributed by atoms with Gasteiger partial charge in [-0.05, 0) is 12.0 Å². The molecule has 1 aromatic heterocycles. The van der Waals surface area contributed by atoms with Crippen LogP contribution in [0.2, 0.25) is 0 Å². The largest absolute Gasteiger partial charge is 0.397 e. The number of primary amides is 1. The Morgan fingerprint density at radius 2 is 1.90 bits per heavy atom. The summed E-state index contributed by atoms with van der Waals surface area (Å²) in [6.07, 6.45) is 0. The van der Waals surface area contributed by atoms with Crippen LogP contribution >= 0.6 is 11.3 Å². The van der Waals surface area contributed by atoms with Crippen molar-refractivity contribution >= 4 is 38.9 Å². The molecule has 5 N–H and O–H groups in total. The van der Waals surface area contributed by atoms with Crippen LogP contribution in [0.1, 0.15) is 23.5 Å². The molecule has 0 radical (unpaired) electrons. The molecule has 0 fully saturated rings. The first-order valence-electron chi connectivity index (χ1n) is 6.29. The van der Waals surface area contributed by atoms with Gasteiger partial charge in [0.05, 0.1) is 5.69 Å². The number of hydrogen-bond acceptors (Lipinski definition) is 4. The van der Waals surface area contributed by atoms with E-state index in [0.29, 0.717) is 10.6 Å². The molecular formula is C14H17N3O2S. The molecule has 0 aliphatic carbocycles. The van der Waals surface area contributed by atoms with Crippen molar-refractivity contribution in [2.45, 2.75) is 19.9 Å². The molecule has 0 saturated carbocycles. The van der Waals surface area contributed by atoms with Crippen LogP contribution in [-0.2, 0) is 4.79 Å². The van der Waals surface area contributed by atoms with Crippen LogP contribution in [0.3, 0.4) is 0 Å². The van der Waals surface area contributed by atoms with Gasteiger partial charge in [-0.3, -0.25) is 9.59 Å². The Balaban J connectivity index is 2.32. The summed E-state index contributed by atoms with van der Waals surface area (Å²) in [7, 11) is 0. The van der Waals surface area contributed by atoms with E-state index in [9.17, 15) is 9.59 Å². The molecule has 1 atom stereocenters. The van der Waals surface area contributed by atoms with Crippen LogP contribution in [0.15, 0.2) is 24.3 Å². The average molecular weight is 291 g/mol. The van der Waals surface area contributed by atoms with E-state index in [1.54, 1.807) is 0 Å². The second-order valence-electron chi connectivity index (χ2n) is 4.94. The summed E-state index contributed by atoms with van der Waals surface area (Å²) < 4.78 is 0.940. The van der Waals surface area contributed by atoms with Gasteiger partial charge in [-0.1, -0.05) is 32.0 Å². The van der Waals surface area contributed by atoms with Crippen molar-refractivity contribution in [2.75, 3.05) is 5.73 Å².